The van der Waals surface area contributed by atoms with Gasteiger partial charge in [0.25, 0.3) is 5.91 Å². The zero-order valence-electron chi connectivity index (χ0n) is 22.6. The second-order valence-corrected chi connectivity index (χ2v) is 9.95. The number of amides is 1. The highest BCUT2D eigenvalue weighted by atomic mass is 35.5. The van der Waals surface area contributed by atoms with E-state index >= 15 is 0 Å². The number of rotatable bonds is 10. The lowest BCUT2D eigenvalue weighted by molar-refractivity contribution is -0.142. The van der Waals surface area contributed by atoms with E-state index in [2.05, 4.69) is 16.0 Å². The third-order valence-corrected chi connectivity index (χ3v) is 6.93. The molecule has 210 valence electrons. The number of anilines is 1. The lowest BCUT2D eigenvalue weighted by Crippen LogP contribution is -2.43. The molecule has 3 N–H and O–H groups in total. The molecule has 0 aliphatic heterocycles. The van der Waals surface area contributed by atoms with Gasteiger partial charge in [-0.2, -0.15) is 0 Å². The summed E-state index contributed by atoms with van der Waals surface area (Å²) < 4.78 is 10.4. The van der Waals surface area contributed by atoms with Crippen LogP contribution >= 0.6 is 23.8 Å². The quantitative estimate of drug-likeness (QED) is 0.154. The summed E-state index contributed by atoms with van der Waals surface area (Å²) in [4.78, 5) is 25.7. The Morgan fingerprint density at radius 1 is 0.878 bits per heavy atom. The molecular weight excluding hydrogens is 558 g/mol. The maximum absolute atomic E-state index is 13.1. The Kier molecular flexibility index (Phi) is 10.3. The molecule has 0 aromatic heterocycles. The smallest absolute Gasteiger partial charge is 0.328 e. The van der Waals surface area contributed by atoms with Crippen molar-refractivity contribution in [1.82, 2.24) is 10.6 Å². The summed E-state index contributed by atoms with van der Waals surface area (Å²) in [6.07, 6.45) is 0.239. The van der Waals surface area contributed by atoms with Gasteiger partial charge in [0.05, 0.1) is 24.8 Å². The molecular formula is C32H30ClN3O4S. The first kappa shape index (κ1) is 29.6. The third kappa shape index (κ3) is 8.06. The van der Waals surface area contributed by atoms with Crippen molar-refractivity contribution < 1.29 is 19.1 Å². The minimum atomic E-state index is -0.909. The number of halogens is 1. The number of methoxy groups -OCH3 is 2. The topological polar surface area (TPSA) is 88.7 Å². The van der Waals surface area contributed by atoms with Gasteiger partial charge < -0.3 is 25.4 Å². The first-order chi connectivity index (χ1) is 19.9. The zero-order valence-corrected chi connectivity index (χ0v) is 24.2. The Balaban J connectivity index is 1.39. The highest BCUT2D eigenvalue weighted by Crippen LogP contribution is 2.30. The Morgan fingerprint density at radius 2 is 1.59 bits per heavy atom. The lowest BCUT2D eigenvalue weighted by atomic mass is 10.00. The van der Waals surface area contributed by atoms with Gasteiger partial charge >= 0.3 is 5.97 Å². The molecule has 1 atom stereocenters. The van der Waals surface area contributed by atoms with Crippen molar-refractivity contribution in [2.45, 2.75) is 19.0 Å². The number of ether oxygens (including phenoxy) is 2. The van der Waals surface area contributed by atoms with Crippen LogP contribution in [0.15, 0.2) is 97.1 Å². The van der Waals surface area contributed by atoms with Crippen LogP contribution in [0.25, 0.3) is 11.1 Å². The number of carbonyl (C=O) groups is 2. The number of para-hydroxylation sites is 1. The molecule has 0 saturated heterocycles. The minimum absolute atomic E-state index is 0.211. The van der Waals surface area contributed by atoms with E-state index in [4.69, 9.17) is 33.3 Å². The number of hydrogen-bond donors (Lipinski definition) is 3. The normalized spacial score (nSPS) is 11.2. The fourth-order valence-corrected chi connectivity index (χ4v) is 4.70. The van der Waals surface area contributed by atoms with Crippen LogP contribution in [0, 0.1) is 0 Å². The molecule has 0 aliphatic carbocycles. The highest BCUT2D eigenvalue weighted by molar-refractivity contribution is 7.80. The second-order valence-electron chi connectivity index (χ2n) is 9.14. The molecule has 0 spiro atoms. The SMILES string of the molecule is COC(=O)[C@H](Cc1ccc(-c2ccccc2OC)cc1)NC(=O)c1ccc(NC(=S)NCc2ccccc2)cc1Cl. The van der Waals surface area contributed by atoms with Gasteiger partial charge in [-0.1, -0.05) is 84.4 Å². The first-order valence-electron chi connectivity index (χ1n) is 12.9. The number of esters is 1. The Labute approximate surface area is 249 Å². The largest absolute Gasteiger partial charge is 0.496 e. The second kappa shape index (κ2) is 14.3. The summed E-state index contributed by atoms with van der Waals surface area (Å²) in [6.45, 7) is 0.568. The van der Waals surface area contributed by atoms with E-state index in [0.29, 0.717) is 17.3 Å². The van der Waals surface area contributed by atoms with Gasteiger partial charge in [0.15, 0.2) is 5.11 Å². The van der Waals surface area contributed by atoms with Crippen LogP contribution in [-0.2, 0) is 22.5 Å². The molecule has 4 aromatic rings. The minimum Gasteiger partial charge on any atom is -0.496 e. The number of thiocarbonyl (C=S) groups is 1. The van der Waals surface area contributed by atoms with Crippen LogP contribution < -0.4 is 20.7 Å². The van der Waals surface area contributed by atoms with Crippen molar-refractivity contribution in [3.8, 4) is 16.9 Å². The third-order valence-electron chi connectivity index (χ3n) is 6.37. The summed E-state index contributed by atoms with van der Waals surface area (Å²) in [5.74, 6) is -0.285. The van der Waals surface area contributed by atoms with Crippen molar-refractivity contribution >= 4 is 46.5 Å². The van der Waals surface area contributed by atoms with Gasteiger partial charge in [-0.15, -0.1) is 0 Å². The van der Waals surface area contributed by atoms with Gasteiger partial charge in [-0.25, -0.2) is 4.79 Å². The summed E-state index contributed by atoms with van der Waals surface area (Å²) in [7, 11) is 2.92. The van der Waals surface area contributed by atoms with Crippen LogP contribution in [0.4, 0.5) is 5.69 Å². The summed E-state index contributed by atoms with van der Waals surface area (Å²) >= 11 is 11.8. The van der Waals surface area contributed by atoms with Gasteiger partial charge in [0.1, 0.15) is 11.8 Å². The van der Waals surface area contributed by atoms with Gasteiger partial charge in [-0.3, -0.25) is 4.79 Å². The van der Waals surface area contributed by atoms with Crippen molar-refractivity contribution in [3.63, 3.8) is 0 Å². The number of hydrogen-bond acceptors (Lipinski definition) is 5. The number of carbonyl (C=O) groups excluding carboxylic acids is 2. The van der Waals surface area contributed by atoms with Gasteiger partial charge in [-0.05, 0) is 53.2 Å². The predicted octanol–water partition coefficient (Wildman–Crippen LogP) is 6.02. The molecule has 0 radical (unpaired) electrons. The molecule has 0 aliphatic rings. The van der Waals surface area contributed by atoms with E-state index in [1.54, 1.807) is 25.3 Å². The van der Waals surface area contributed by atoms with Crippen molar-refractivity contribution in [1.29, 1.82) is 0 Å². The van der Waals surface area contributed by atoms with E-state index in [1.165, 1.54) is 7.11 Å². The predicted molar refractivity (Wildman–Crippen MR) is 166 cm³/mol. The Bertz CT molecular complexity index is 1510. The van der Waals surface area contributed by atoms with Gasteiger partial charge in [0, 0.05) is 24.2 Å². The van der Waals surface area contributed by atoms with Crippen LogP contribution in [0.1, 0.15) is 21.5 Å². The van der Waals surface area contributed by atoms with Crippen LogP contribution in [-0.4, -0.2) is 37.3 Å². The maximum Gasteiger partial charge on any atom is 0.328 e. The zero-order chi connectivity index (χ0) is 29.2. The van der Waals surface area contributed by atoms with E-state index in [-0.39, 0.29) is 17.0 Å². The summed E-state index contributed by atoms with van der Waals surface area (Å²) in [5, 5.41) is 9.59. The van der Waals surface area contributed by atoms with Crippen LogP contribution in [0.3, 0.4) is 0 Å². The van der Waals surface area contributed by atoms with E-state index in [9.17, 15) is 9.59 Å². The Hall–Kier alpha value is -4.40. The average Bonchev–Trinajstić information content (AvgIpc) is 3.00. The van der Waals surface area contributed by atoms with Crippen LogP contribution in [0.2, 0.25) is 5.02 Å². The highest BCUT2D eigenvalue weighted by Gasteiger charge is 2.24. The molecule has 0 unspecified atom stereocenters. The van der Waals surface area contributed by atoms with Crippen molar-refractivity contribution in [2.24, 2.45) is 0 Å². The molecule has 7 nitrogen and oxygen atoms in total. The van der Waals surface area contributed by atoms with E-state index in [1.807, 2.05) is 78.9 Å². The molecule has 0 heterocycles. The molecule has 4 rings (SSSR count). The fourth-order valence-electron chi connectivity index (χ4n) is 4.24. The number of benzene rings is 4. The summed E-state index contributed by atoms with van der Waals surface area (Å²) in [6, 6.07) is 29.3. The molecule has 4 aromatic carbocycles. The molecule has 9 heteroatoms. The molecule has 0 fully saturated rings. The molecule has 41 heavy (non-hydrogen) atoms. The maximum atomic E-state index is 13.1. The fraction of sp³-hybridized carbons (Fsp3) is 0.156. The number of nitrogens with one attached hydrogen (secondary N) is 3. The lowest BCUT2D eigenvalue weighted by Gasteiger charge is -2.18. The molecule has 0 saturated carbocycles. The van der Waals surface area contributed by atoms with Crippen LogP contribution in [0.5, 0.6) is 5.75 Å². The van der Waals surface area contributed by atoms with Crippen molar-refractivity contribution in [3.05, 3.63) is 119 Å². The Morgan fingerprint density at radius 3 is 2.27 bits per heavy atom. The summed E-state index contributed by atoms with van der Waals surface area (Å²) in [5.41, 5.74) is 4.72. The van der Waals surface area contributed by atoms with Gasteiger partial charge in [0.2, 0.25) is 0 Å². The van der Waals surface area contributed by atoms with Crippen molar-refractivity contribution in [2.75, 3.05) is 19.5 Å². The standard InChI is InChI=1S/C32H30ClN3O4S/c1-39-29-11-7-6-10-25(29)23-14-12-21(13-15-23)18-28(31(38)40-2)36-30(37)26-17-16-24(19-27(26)33)35-32(41)34-20-22-8-4-3-5-9-22/h3-17,19,28H,18,20H2,1-2H3,(H,36,37)(H2,34,35,41)/t28-/m0/s1. The molecule has 1 amide bonds. The average molecular weight is 588 g/mol. The van der Waals surface area contributed by atoms with E-state index in [0.717, 1.165) is 28.0 Å². The monoisotopic (exact) mass is 587 g/mol. The molecule has 0 bridgehead atoms. The first-order valence-corrected chi connectivity index (χ1v) is 13.7. The van der Waals surface area contributed by atoms with E-state index < -0.39 is 17.9 Å².